The van der Waals surface area contributed by atoms with Crippen LogP contribution >= 0.6 is 27.7 Å². The SMILES string of the molecule is Cc1ccc(NC(=O)/C(C#N)=C2\S[C@@H](Cc3cccc([N+](=O)[O-])c3)C(=O)N2c2ccc(Br)cc2)cc1. The van der Waals surface area contributed by atoms with E-state index in [4.69, 9.17) is 0 Å². The molecule has 4 rings (SSSR count). The van der Waals surface area contributed by atoms with Crippen molar-refractivity contribution >= 4 is 56.6 Å². The van der Waals surface area contributed by atoms with Gasteiger partial charge in [0.15, 0.2) is 0 Å². The Kier molecular flexibility index (Phi) is 7.52. The topological polar surface area (TPSA) is 116 Å². The van der Waals surface area contributed by atoms with Crippen LogP contribution in [-0.2, 0) is 16.0 Å². The van der Waals surface area contributed by atoms with Crippen LogP contribution in [0.15, 0.2) is 87.9 Å². The molecule has 0 bridgehead atoms. The molecule has 10 heteroatoms. The highest BCUT2D eigenvalue weighted by atomic mass is 79.9. The van der Waals surface area contributed by atoms with Gasteiger partial charge in [0, 0.05) is 28.0 Å². The van der Waals surface area contributed by atoms with Crippen molar-refractivity contribution in [3.8, 4) is 6.07 Å². The van der Waals surface area contributed by atoms with E-state index in [0.29, 0.717) is 16.9 Å². The Balaban J connectivity index is 1.72. The number of amides is 2. The van der Waals surface area contributed by atoms with E-state index >= 15 is 0 Å². The van der Waals surface area contributed by atoms with Gasteiger partial charge in [-0.3, -0.25) is 24.6 Å². The minimum absolute atomic E-state index is 0.0707. The number of nitrogens with zero attached hydrogens (tertiary/aromatic N) is 3. The second-order valence-electron chi connectivity index (χ2n) is 8.00. The van der Waals surface area contributed by atoms with Crippen LogP contribution in [-0.4, -0.2) is 22.0 Å². The Morgan fingerprint density at radius 1 is 1.17 bits per heavy atom. The summed E-state index contributed by atoms with van der Waals surface area (Å²) in [7, 11) is 0. The van der Waals surface area contributed by atoms with Crippen LogP contribution in [0.2, 0.25) is 0 Å². The second-order valence-corrected chi connectivity index (χ2v) is 10.1. The summed E-state index contributed by atoms with van der Waals surface area (Å²) in [6.45, 7) is 1.92. The predicted molar refractivity (Wildman–Crippen MR) is 142 cm³/mol. The fourth-order valence-electron chi connectivity index (χ4n) is 3.65. The van der Waals surface area contributed by atoms with Crippen molar-refractivity contribution in [2.45, 2.75) is 18.6 Å². The number of anilines is 2. The third-order valence-corrected chi connectivity index (χ3v) is 7.23. The summed E-state index contributed by atoms with van der Waals surface area (Å²) in [5, 5.41) is 23.4. The van der Waals surface area contributed by atoms with E-state index in [1.807, 2.05) is 25.1 Å². The molecule has 3 aromatic rings. The molecule has 0 saturated carbocycles. The molecule has 1 saturated heterocycles. The van der Waals surface area contributed by atoms with Gasteiger partial charge < -0.3 is 5.32 Å². The summed E-state index contributed by atoms with van der Waals surface area (Å²) in [6.07, 6.45) is 0.194. The molecule has 0 spiro atoms. The van der Waals surface area contributed by atoms with E-state index in [9.17, 15) is 25.0 Å². The quantitative estimate of drug-likeness (QED) is 0.177. The van der Waals surface area contributed by atoms with Crippen molar-refractivity contribution in [3.63, 3.8) is 0 Å². The number of nitrogens with one attached hydrogen (secondary N) is 1. The van der Waals surface area contributed by atoms with Crippen molar-refractivity contribution in [2.24, 2.45) is 0 Å². The largest absolute Gasteiger partial charge is 0.321 e. The van der Waals surface area contributed by atoms with Crippen LogP contribution in [0.25, 0.3) is 0 Å². The maximum Gasteiger partial charge on any atom is 0.269 e. The van der Waals surface area contributed by atoms with Gasteiger partial charge in [0.1, 0.15) is 16.7 Å². The molecule has 1 N–H and O–H groups in total. The maximum atomic E-state index is 13.5. The molecule has 1 fully saturated rings. The Morgan fingerprint density at radius 2 is 1.86 bits per heavy atom. The molecule has 1 heterocycles. The highest BCUT2D eigenvalue weighted by molar-refractivity contribution is 9.10. The number of aryl methyl sites for hydroxylation is 1. The van der Waals surface area contributed by atoms with Crippen LogP contribution in [0.5, 0.6) is 0 Å². The molecule has 180 valence electrons. The first kappa shape index (κ1) is 25.2. The van der Waals surface area contributed by atoms with Crippen LogP contribution in [0, 0.1) is 28.4 Å². The van der Waals surface area contributed by atoms with Crippen LogP contribution in [0.3, 0.4) is 0 Å². The lowest BCUT2D eigenvalue weighted by atomic mass is 10.1. The van der Waals surface area contributed by atoms with E-state index in [1.54, 1.807) is 48.5 Å². The third-order valence-electron chi connectivity index (χ3n) is 5.44. The molecule has 0 aliphatic carbocycles. The summed E-state index contributed by atoms with van der Waals surface area (Å²) >= 11 is 4.47. The highest BCUT2D eigenvalue weighted by Gasteiger charge is 2.41. The normalized spacial score (nSPS) is 16.4. The van der Waals surface area contributed by atoms with Crippen LogP contribution in [0.4, 0.5) is 17.1 Å². The first-order valence-electron chi connectivity index (χ1n) is 10.8. The fourth-order valence-corrected chi connectivity index (χ4v) is 5.23. The summed E-state index contributed by atoms with van der Waals surface area (Å²) in [5.74, 6) is -0.950. The number of halogens is 1. The molecule has 8 nitrogen and oxygen atoms in total. The van der Waals surface area contributed by atoms with Gasteiger partial charge in [-0.15, -0.1) is 0 Å². The number of non-ortho nitro benzene ring substituents is 1. The monoisotopic (exact) mass is 562 g/mol. The summed E-state index contributed by atoms with van der Waals surface area (Å²) in [4.78, 5) is 38.7. The minimum Gasteiger partial charge on any atom is -0.321 e. The summed E-state index contributed by atoms with van der Waals surface area (Å²) in [5.41, 5.74) is 2.39. The van der Waals surface area contributed by atoms with E-state index in [-0.39, 0.29) is 28.6 Å². The molecule has 36 heavy (non-hydrogen) atoms. The second kappa shape index (κ2) is 10.8. The van der Waals surface area contributed by atoms with Crippen molar-refractivity contribution < 1.29 is 14.5 Å². The predicted octanol–water partition coefficient (Wildman–Crippen LogP) is 5.73. The Morgan fingerprint density at radius 3 is 2.50 bits per heavy atom. The van der Waals surface area contributed by atoms with Crippen molar-refractivity contribution in [2.75, 3.05) is 10.2 Å². The first-order valence-corrected chi connectivity index (χ1v) is 12.5. The molecular formula is C26H19BrN4O4S. The van der Waals surface area contributed by atoms with E-state index in [1.165, 1.54) is 17.0 Å². The number of benzene rings is 3. The molecule has 0 unspecified atom stereocenters. The van der Waals surface area contributed by atoms with Crippen molar-refractivity contribution in [1.29, 1.82) is 5.26 Å². The zero-order chi connectivity index (χ0) is 25.8. The number of thioether (sulfide) groups is 1. The van der Waals surface area contributed by atoms with Gasteiger partial charge >= 0.3 is 0 Å². The van der Waals surface area contributed by atoms with E-state index in [0.717, 1.165) is 21.8 Å². The standard InChI is InChI=1S/C26H19BrN4O4S/c1-16-5-9-19(10-6-16)29-24(32)22(15-28)26-30(20-11-7-18(27)8-12-20)25(33)23(36-26)14-17-3-2-4-21(13-17)31(34)35/h2-13,23H,14H2,1H3,(H,29,32)/b26-22-/t23-/m0/s1. The van der Waals surface area contributed by atoms with Gasteiger partial charge in [-0.25, -0.2) is 0 Å². The molecule has 0 aromatic heterocycles. The smallest absolute Gasteiger partial charge is 0.269 e. The summed E-state index contributed by atoms with van der Waals surface area (Å²) < 4.78 is 0.807. The lowest BCUT2D eigenvalue weighted by molar-refractivity contribution is -0.384. The molecule has 1 atom stereocenters. The molecule has 1 aliphatic rings. The highest BCUT2D eigenvalue weighted by Crippen LogP contribution is 2.42. The van der Waals surface area contributed by atoms with Crippen molar-refractivity contribution in [3.05, 3.63) is 109 Å². The molecular weight excluding hydrogens is 544 g/mol. The average molecular weight is 563 g/mol. The summed E-state index contributed by atoms with van der Waals surface area (Å²) in [6, 6.07) is 22.2. The molecule has 3 aromatic carbocycles. The number of carbonyl (C=O) groups excluding carboxylic acids is 2. The Labute approximate surface area is 219 Å². The fraction of sp³-hybridized carbons (Fsp3) is 0.115. The Bertz CT molecular complexity index is 1420. The van der Waals surface area contributed by atoms with Gasteiger partial charge in [-0.2, -0.15) is 5.26 Å². The van der Waals surface area contributed by atoms with Gasteiger partial charge in [-0.05, 0) is 55.3 Å². The van der Waals surface area contributed by atoms with E-state index < -0.39 is 16.1 Å². The van der Waals surface area contributed by atoms with Crippen LogP contribution < -0.4 is 10.2 Å². The van der Waals surface area contributed by atoms with Gasteiger partial charge in [0.2, 0.25) is 5.91 Å². The number of nitro groups is 1. The molecule has 1 aliphatic heterocycles. The van der Waals surface area contributed by atoms with Gasteiger partial charge in [0.25, 0.3) is 11.6 Å². The zero-order valence-corrected chi connectivity index (χ0v) is 21.4. The number of hydrogen-bond acceptors (Lipinski definition) is 6. The first-order chi connectivity index (χ1) is 17.3. The van der Waals surface area contributed by atoms with Crippen LogP contribution in [0.1, 0.15) is 11.1 Å². The molecule has 2 amide bonds. The lowest BCUT2D eigenvalue weighted by Crippen LogP contribution is -2.30. The Hall–Kier alpha value is -3.94. The maximum absolute atomic E-state index is 13.5. The van der Waals surface area contributed by atoms with Gasteiger partial charge in [-0.1, -0.05) is 57.5 Å². The minimum atomic E-state index is -0.679. The zero-order valence-electron chi connectivity index (χ0n) is 19.0. The average Bonchev–Trinajstić information content (AvgIpc) is 3.17. The number of nitriles is 1. The lowest BCUT2D eigenvalue weighted by Gasteiger charge is -2.19. The number of rotatable bonds is 6. The van der Waals surface area contributed by atoms with Crippen molar-refractivity contribution in [1.82, 2.24) is 0 Å². The third kappa shape index (κ3) is 5.48. The number of carbonyl (C=O) groups is 2. The van der Waals surface area contributed by atoms with Gasteiger partial charge in [0.05, 0.1) is 10.2 Å². The van der Waals surface area contributed by atoms with E-state index in [2.05, 4.69) is 21.2 Å². The number of hydrogen-bond donors (Lipinski definition) is 1. The molecule has 0 radical (unpaired) electrons. The number of nitro benzene ring substituents is 1.